The smallest absolute Gasteiger partial charge is 0.261 e. The second-order valence-electron chi connectivity index (χ2n) is 4.71. The van der Waals surface area contributed by atoms with Crippen LogP contribution in [0.1, 0.15) is 22.5 Å². The summed E-state index contributed by atoms with van der Waals surface area (Å²) in [6.45, 7) is 0.720. The molecule has 1 N–H and O–H groups in total. The Kier molecular flexibility index (Phi) is 3.39. The number of hydrogen-bond donors (Lipinski definition) is 1. The third kappa shape index (κ3) is 2.59. The fourth-order valence-corrected chi connectivity index (χ4v) is 3.67. The maximum absolute atomic E-state index is 12.0. The number of hydrogen-bond acceptors (Lipinski definition) is 2. The van der Waals surface area contributed by atoms with Crippen molar-refractivity contribution in [2.24, 2.45) is 5.92 Å². The fraction of sp³-hybridized carbons (Fsp3) is 0.357. The number of halogens is 1. The van der Waals surface area contributed by atoms with E-state index in [9.17, 15) is 4.79 Å². The number of fused-ring (bicyclic) bond motifs is 1. The summed E-state index contributed by atoms with van der Waals surface area (Å²) < 4.78 is 1.17. The van der Waals surface area contributed by atoms with Gasteiger partial charge in [0.25, 0.3) is 5.91 Å². The number of amides is 1. The van der Waals surface area contributed by atoms with Crippen LogP contribution < -0.4 is 5.32 Å². The van der Waals surface area contributed by atoms with E-state index in [1.165, 1.54) is 17.5 Å². The van der Waals surface area contributed by atoms with Gasteiger partial charge in [0.2, 0.25) is 0 Å². The molecule has 3 rings (SSSR count). The van der Waals surface area contributed by atoms with Crippen LogP contribution in [0, 0.1) is 5.92 Å². The van der Waals surface area contributed by atoms with Crippen LogP contribution in [0.2, 0.25) is 0 Å². The van der Waals surface area contributed by atoms with Crippen molar-refractivity contribution in [3.05, 3.63) is 35.2 Å². The van der Waals surface area contributed by atoms with E-state index in [1.54, 1.807) is 11.3 Å². The minimum atomic E-state index is 0.0429. The van der Waals surface area contributed by atoms with Crippen LogP contribution in [0.15, 0.2) is 30.3 Å². The molecule has 0 bridgehead atoms. The molecule has 0 aliphatic heterocycles. The lowest BCUT2D eigenvalue weighted by atomic mass is 10.2. The molecule has 1 atom stereocenters. The average molecular weight is 324 g/mol. The van der Waals surface area contributed by atoms with Crippen molar-refractivity contribution in [3.8, 4) is 0 Å². The van der Waals surface area contributed by atoms with Gasteiger partial charge in [-0.1, -0.05) is 34.1 Å². The highest BCUT2D eigenvalue weighted by Gasteiger charge is 2.29. The van der Waals surface area contributed by atoms with Crippen molar-refractivity contribution in [3.63, 3.8) is 0 Å². The highest BCUT2D eigenvalue weighted by molar-refractivity contribution is 9.09. The van der Waals surface area contributed by atoms with Crippen LogP contribution in [-0.2, 0) is 0 Å². The number of thiophene rings is 1. The summed E-state index contributed by atoms with van der Waals surface area (Å²) in [4.78, 5) is 13.3. The highest BCUT2D eigenvalue weighted by Crippen LogP contribution is 2.36. The Labute approximate surface area is 119 Å². The van der Waals surface area contributed by atoms with E-state index >= 15 is 0 Å². The molecule has 18 heavy (non-hydrogen) atoms. The zero-order valence-electron chi connectivity index (χ0n) is 9.86. The van der Waals surface area contributed by atoms with Gasteiger partial charge < -0.3 is 5.32 Å². The van der Waals surface area contributed by atoms with Gasteiger partial charge in [-0.05, 0) is 36.3 Å². The normalized spacial score (nSPS) is 16.7. The van der Waals surface area contributed by atoms with Crippen LogP contribution in [-0.4, -0.2) is 17.3 Å². The monoisotopic (exact) mass is 323 g/mol. The molecule has 1 aromatic heterocycles. The summed E-state index contributed by atoms with van der Waals surface area (Å²) in [5.41, 5.74) is 0. The van der Waals surface area contributed by atoms with E-state index in [0.717, 1.165) is 22.7 Å². The first-order chi connectivity index (χ1) is 8.74. The number of carbonyl (C=O) groups is 1. The van der Waals surface area contributed by atoms with Gasteiger partial charge in [0, 0.05) is 16.1 Å². The van der Waals surface area contributed by atoms with Crippen molar-refractivity contribution in [1.29, 1.82) is 0 Å². The molecule has 2 nitrogen and oxygen atoms in total. The molecule has 0 spiro atoms. The maximum atomic E-state index is 12.0. The third-order valence-electron chi connectivity index (χ3n) is 3.24. The van der Waals surface area contributed by atoms with E-state index in [0.29, 0.717) is 4.83 Å². The van der Waals surface area contributed by atoms with Gasteiger partial charge in [-0.2, -0.15) is 0 Å². The summed E-state index contributed by atoms with van der Waals surface area (Å²) in [6.07, 6.45) is 2.57. The lowest BCUT2D eigenvalue weighted by Gasteiger charge is -2.08. The van der Waals surface area contributed by atoms with Crippen LogP contribution in [0.4, 0.5) is 0 Å². The van der Waals surface area contributed by atoms with Crippen LogP contribution in [0.25, 0.3) is 10.1 Å². The third-order valence-corrected chi connectivity index (χ3v) is 5.43. The lowest BCUT2D eigenvalue weighted by molar-refractivity contribution is 0.0957. The first-order valence-corrected chi connectivity index (χ1v) is 7.88. The predicted molar refractivity (Wildman–Crippen MR) is 79.6 cm³/mol. The van der Waals surface area contributed by atoms with E-state index in [-0.39, 0.29) is 5.91 Å². The molecule has 1 aliphatic carbocycles. The number of nitrogens with one attached hydrogen (secondary N) is 1. The molecular formula is C14H14BrNOS. The molecule has 0 radical (unpaired) electrons. The molecular weight excluding hydrogens is 310 g/mol. The number of rotatable bonds is 4. The van der Waals surface area contributed by atoms with E-state index in [2.05, 4.69) is 21.2 Å². The number of benzene rings is 1. The van der Waals surface area contributed by atoms with Crippen molar-refractivity contribution >= 4 is 43.3 Å². The largest absolute Gasteiger partial charge is 0.350 e. The molecule has 2 aromatic rings. The van der Waals surface area contributed by atoms with Gasteiger partial charge in [0.15, 0.2) is 0 Å². The van der Waals surface area contributed by atoms with Gasteiger partial charge in [0.1, 0.15) is 0 Å². The molecule has 0 saturated heterocycles. The minimum Gasteiger partial charge on any atom is -0.350 e. The Bertz CT molecular complexity index is 543. The van der Waals surface area contributed by atoms with Gasteiger partial charge in [0.05, 0.1) is 4.88 Å². The van der Waals surface area contributed by atoms with Crippen molar-refractivity contribution < 1.29 is 4.79 Å². The Hall–Kier alpha value is -0.870. The van der Waals surface area contributed by atoms with Crippen molar-refractivity contribution in [2.45, 2.75) is 17.7 Å². The Morgan fingerprint density at radius 3 is 2.94 bits per heavy atom. The molecule has 4 heteroatoms. The first-order valence-electron chi connectivity index (χ1n) is 6.15. The van der Waals surface area contributed by atoms with E-state index in [4.69, 9.17) is 0 Å². The van der Waals surface area contributed by atoms with Crippen LogP contribution in [0.3, 0.4) is 0 Å². The fourth-order valence-electron chi connectivity index (χ4n) is 2.00. The zero-order chi connectivity index (χ0) is 12.5. The molecule has 1 aromatic carbocycles. The number of alkyl halides is 1. The summed E-state index contributed by atoms with van der Waals surface area (Å²) >= 11 is 5.18. The molecule has 94 valence electrons. The Morgan fingerprint density at radius 1 is 1.44 bits per heavy atom. The van der Waals surface area contributed by atoms with Crippen molar-refractivity contribution in [2.75, 3.05) is 6.54 Å². The maximum Gasteiger partial charge on any atom is 0.261 e. The molecule has 1 amide bonds. The van der Waals surface area contributed by atoms with Gasteiger partial charge in [-0.15, -0.1) is 11.3 Å². The van der Waals surface area contributed by atoms with Gasteiger partial charge >= 0.3 is 0 Å². The molecule has 1 heterocycles. The average Bonchev–Trinajstić information content (AvgIpc) is 3.14. The Morgan fingerprint density at radius 2 is 2.22 bits per heavy atom. The number of carbonyl (C=O) groups excluding carboxylic acids is 1. The summed E-state index contributed by atoms with van der Waals surface area (Å²) in [7, 11) is 0. The van der Waals surface area contributed by atoms with Gasteiger partial charge in [-0.3, -0.25) is 4.79 Å². The minimum absolute atomic E-state index is 0.0429. The van der Waals surface area contributed by atoms with Gasteiger partial charge in [-0.25, -0.2) is 0 Å². The zero-order valence-corrected chi connectivity index (χ0v) is 12.3. The standard InChI is InChI=1S/C14H14BrNOS/c15-11(9-5-6-9)8-16-14(17)13-7-10-3-1-2-4-12(10)18-13/h1-4,7,9,11H,5-6,8H2,(H,16,17). The summed E-state index contributed by atoms with van der Waals surface area (Å²) in [5.74, 6) is 0.800. The first kappa shape index (κ1) is 12.2. The molecule has 1 aliphatic rings. The van der Waals surface area contributed by atoms with E-state index < -0.39 is 0 Å². The lowest BCUT2D eigenvalue weighted by Crippen LogP contribution is -2.29. The summed E-state index contributed by atoms with van der Waals surface area (Å²) in [5, 5.41) is 4.15. The van der Waals surface area contributed by atoms with Crippen molar-refractivity contribution in [1.82, 2.24) is 5.32 Å². The highest BCUT2D eigenvalue weighted by atomic mass is 79.9. The Balaban J connectivity index is 1.67. The summed E-state index contributed by atoms with van der Waals surface area (Å²) in [6, 6.07) is 10.1. The molecule has 1 saturated carbocycles. The quantitative estimate of drug-likeness (QED) is 0.852. The molecule has 1 unspecified atom stereocenters. The van der Waals surface area contributed by atoms with Crippen LogP contribution >= 0.6 is 27.3 Å². The molecule has 1 fully saturated rings. The second kappa shape index (κ2) is 5.02. The SMILES string of the molecule is O=C(NCC(Br)C1CC1)c1cc2ccccc2s1. The second-order valence-corrected chi connectivity index (χ2v) is 6.97. The van der Waals surface area contributed by atoms with Crippen LogP contribution in [0.5, 0.6) is 0 Å². The topological polar surface area (TPSA) is 29.1 Å². The predicted octanol–water partition coefficient (Wildman–Crippen LogP) is 3.80. The van der Waals surface area contributed by atoms with E-state index in [1.807, 2.05) is 30.3 Å².